The van der Waals surface area contributed by atoms with E-state index in [1.807, 2.05) is 20.8 Å². The molecule has 1 aliphatic rings. The summed E-state index contributed by atoms with van der Waals surface area (Å²) in [6, 6.07) is 4.54. The Balaban J connectivity index is 1.61. The van der Waals surface area contributed by atoms with Gasteiger partial charge in [0.25, 0.3) is 0 Å². The number of halogens is 2. The van der Waals surface area contributed by atoms with E-state index in [0.29, 0.717) is 52.1 Å². The molecule has 5 rings (SSSR count). The molecule has 0 bridgehead atoms. The molecule has 33 heavy (non-hydrogen) atoms. The summed E-state index contributed by atoms with van der Waals surface area (Å²) < 4.78 is 20.9. The zero-order chi connectivity index (χ0) is 23.1. The van der Waals surface area contributed by atoms with Gasteiger partial charge < -0.3 is 4.74 Å². The third-order valence-corrected chi connectivity index (χ3v) is 6.20. The molecule has 1 aliphatic heterocycles. The maximum atomic E-state index is 14.9. The highest BCUT2D eigenvalue weighted by Crippen LogP contribution is 2.38. The van der Waals surface area contributed by atoms with Crippen LogP contribution in [0.15, 0.2) is 30.6 Å². The van der Waals surface area contributed by atoms with Crippen molar-refractivity contribution in [2.24, 2.45) is 0 Å². The Labute approximate surface area is 195 Å². The number of aryl methyl sites for hydroxylation is 3. The third kappa shape index (κ3) is 4.28. The van der Waals surface area contributed by atoms with E-state index in [1.165, 1.54) is 6.07 Å². The van der Waals surface area contributed by atoms with E-state index in [1.54, 1.807) is 24.5 Å². The number of benzene rings is 1. The van der Waals surface area contributed by atoms with Crippen molar-refractivity contribution < 1.29 is 9.13 Å². The molecule has 4 aromatic rings. The quantitative estimate of drug-likeness (QED) is 0.410. The number of ether oxygens (including phenoxy) is 1. The van der Waals surface area contributed by atoms with E-state index in [4.69, 9.17) is 26.3 Å². The Morgan fingerprint density at radius 1 is 1.00 bits per heavy atom. The average Bonchev–Trinajstić information content (AvgIpc) is 2.80. The van der Waals surface area contributed by atoms with Crippen LogP contribution in [0, 0.1) is 26.6 Å². The van der Waals surface area contributed by atoms with Gasteiger partial charge in [-0.05, 0) is 51.8 Å². The number of aromatic nitrogens is 6. The highest BCUT2D eigenvalue weighted by atomic mass is 35.5. The highest BCUT2D eigenvalue weighted by Gasteiger charge is 2.29. The first-order chi connectivity index (χ1) is 15.9. The van der Waals surface area contributed by atoms with Crippen molar-refractivity contribution in [1.82, 2.24) is 29.9 Å². The predicted octanol–water partition coefficient (Wildman–Crippen LogP) is 5.23. The summed E-state index contributed by atoms with van der Waals surface area (Å²) in [5.74, 6) is 0.857. The molecule has 9 heteroatoms. The zero-order valence-electron chi connectivity index (χ0n) is 18.5. The molecular weight excluding hydrogens is 443 g/mol. The lowest BCUT2D eigenvalue weighted by molar-refractivity contribution is 0.00360. The van der Waals surface area contributed by atoms with Crippen LogP contribution < -0.4 is 0 Å². The lowest BCUT2D eigenvalue weighted by atomic mass is 9.92. The minimum atomic E-state index is -0.463. The normalized spacial score (nSPS) is 18.6. The molecule has 0 aliphatic carbocycles. The molecule has 0 amide bonds. The molecule has 1 aromatic carbocycles. The fourth-order valence-electron chi connectivity index (χ4n) is 4.01. The minimum Gasteiger partial charge on any atom is -0.373 e. The van der Waals surface area contributed by atoms with Crippen LogP contribution in [0.5, 0.6) is 0 Å². The molecule has 0 spiro atoms. The van der Waals surface area contributed by atoms with Gasteiger partial charge in [0.15, 0.2) is 5.65 Å². The summed E-state index contributed by atoms with van der Waals surface area (Å²) in [5.41, 5.74) is 4.10. The van der Waals surface area contributed by atoms with E-state index in [9.17, 15) is 4.39 Å². The highest BCUT2D eigenvalue weighted by molar-refractivity contribution is 6.30. The van der Waals surface area contributed by atoms with Crippen LogP contribution in [0.3, 0.4) is 0 Å². The largest absolute Gasteiger partial charge is 0.373 e. The Morgan fingerprint density at radius 3 is 2.52 bits per heavy atom. The number of rotatable bonds is 3. The average molecular weight is 465 g/mol. The SMILES string of the molecule is Cc1ncc([C@@H]2CC(c3nc(-c4ccc(Cl)cc4F)c4nc(C)c(C)nc4n3)CCO2)cn1. The second-order valence-electron chi connectivity index (χ2n) is 8.27. The van der Waals surface area contributed by atoms with Gasteiger partial charge in [0.1, 0.15) is 28.7 Å². The standard InChI is InChI=1S/C24H22ClFN6O/c1-12-13(2)30-24-22(29-12)21(18-5-4-17(25)9-19(18)26)31-23(32-24)15-6-7-33-20(8-15)16-10-27-14(3)28-11-16/h4-5,9-11,15,20H,6-8H2,1-3H3/t15?,20-/m0/s1. The molecule has 7 nitrogen and oxygen atoms in total. The Hall–Kier alpha value is -3.10. The van der Waals surface area contributed by atoms with Crippen molar-refractivity contribution >= 4 is 22.8 Å². The first-order valence-electron chi connectivity index (χ1n) is 10.8. The number of fused-ring (bicyclic) bond motifs is 1. The molecule has 3 aromatic heterocycles. The topological polar surface area (TPSA) is 86.6 Å². The van der Waals surface area contributed by atoms with Crippen molar-refractivity contribution in [2.45, 2.75) is 45.6 Å². The van der Waals surface area contributed by atoms with Crippen LogP contribution in [0.25, 0.3) is 22.4 Å². The molecule has 168 valence electrons. The summed E-state index contributed by atoms with van der Waals surface area (Å²) in [6.07, 6.45) is 4.84. The lowest BCUT2D eigenvalue weighted by Gasteiger charge is -2.29. The zero-order valence-corrected chi connectivity index (χ0v) is 19.3. The van der Waals surface area contributed by atoms with E-state index < -0.39 is 5.82 Å². The predicted molar refractivity (Wildman–Crippen MR) is 122 cm³/mol. The first-order valence-corrected chi connectivity index (χ1v) is 11.2. The van der Waals surface area contributed by atoms with Gasteiger partial charge in [-0.15, -0.1) is 0 Å². The van der Waals surface area contributed by atoms with Gasteiger partial charge in [0.2, 0.25) is 0 Å². The van der Waals surface area contributed by atoms with Crippen molar-refractivity contribution in [1.29, 1.82) is 0 Å². The Bertz CT molecular complexity index is 1350. The van der Waals surface area contributed by atoms with Crippen LogP contribution >= 0.6 is 11.6 Å². The van der Waals surface area contributed by atoms with Crippen LogP contribution in [0.4, 0.5) is 4.39 Å². The lowest BCUT2D eigenvalue weighted by Crippen LogP contribution is -2.21. The number of hydrogen-bond acceptors (Lipinski definition) is 7. The fourth-order valence-corrected chi connectivity index (χ4v) is 4.17. The van der Waals surface area contributed by atoms with E-state index in [0.717, 1.165) is 23.4 Å². The summed E-state index contributed by atoms with van der Waals surface area (Å²) in [4.78, 5) is 27.4. The van der Waals surface area contributed by atoms with Gasteiger partial charge in [-0.2, -0.15) is 0 Å². The smallest absolute Gasteiger partial charge is 0.182 e. The van der Waals surface area contributed by atoms with Crippen LogP contribution in [0.2, 0.25) is 5.02 Å². The Kier molecular flexibility index (Phi) is 5.72. The molecule has 0 saturated carbocycles. The second-order valence-corrected chi connectivity index (χ2v) is 8.70. The van der Waals surface area contributed by atoms with Gasteiger partial charge >= 0.3 is 0 Å². The van der Waals surface area contributed by atoms with Gasteiger partial charge in [-0.3, -0.25) is 0 Å². The molecule has 0 radical (unpaired) electrons. The van der Waals surface area contributed by atoms with Gasteiger partial charge in [-0.25, -0.2) is 34.3 Å². The van der Waals surface area contributed by atoms with Gasteiger partial charge in [-0.1, -0.05) is 11.6 Å². The third-order valence-electron chi connectivity index (χ3n) is 5.97. The van der Waals surface area contributed by atoms with Crippen LogP contribution in [-0.2, 0) is 4.74 Å². The van der Waals surface area contributed by atoms with Crippen molar-refractivity contribution in [2.75, 3.05) is 6.61 Å². The number of nitrogens with zero attached hydrogens (tertiary/aromatic N) is 6. The molecule has 4 heterocycles. The van der Waals surface area contributed by atoms with Crippen molar-refractivity contribution in [3.63, 3.8) is 0 Å². The maximum Gasteiger partial charge on any atom is 0.182 e. The van der Waals surface area contributed by atoms with Crippen LogP contribution in [-0.4, -0.2) is 36.5 Å². The maximum absolute atomic E-state index is 14.9. The van der Waals surface area contributed by atoms with E-state index >= 15 is 0 Å². The van der Waals surface area contributed by atoms with E-state index in [2.05, 4.69) is 19.9 Å². The molecule has 1 unspecified atom stereocenters. The molecule has 1 fully saturated rings. The van der Waals surface area contributed by atoms with E-state index in [-0.39, 0.29) is 12.0 Å². The van der Waals surface area contributed by atoms with Gasteiger partial charge in [0.05, 0.1) is 17.5 Å². The minimum absolute atomic E-state index is 0.00646. The molecule has 2 atom stereocenters. The summed E-state index contributed by atoms with van der Waals surface area (Å²) >= 11 is 5.98. The fraction of sp³-hybridized carbons (Fsp3) is 0.333. The van der Waals surface area contributed by atoms with Crippen LogP contribution in [0.1, 0.15) is 53.5 Å². The van der Waals surface area contributed by atoms with Gasteiger partial charge in [0, 0.05) is 41.1 Å². The summed E-state index contributed by atoms with van der Waals surface area (Å²) in [6.45, 7) is 6.14. The number of hydrogen-bond donors (Lipinski definition) is 0. The Morgan fingerprint density at radius 2 is 1.76 bits per heavy atom. The summed E-state index contributed by atoms with van der Waals surface area (Å²) in [7, 11) is 0. The molecule has 0 N–H and O–H groups in total. The van der Waals surface area contributed by atoms with Crippen molar-refractivity contribution in [3.05, 3.63) is 70.0 Å². The molecular formula is C24H22ClFN6O. The molecule has 1 saturated heterocycles. The summed E-state index contributed by atoms with van der Waals surface area (Å²) in [5, 5.41) is 0.320. The van der Waals surface area contributed by atoms with Crippen molar-refractivity contribution in [3.8, 4) is 11.3 Å². The monoisotopic (exact) mass is 464 g/mol. The first kappa shape index (κ1) is 21.7. The second kappa shape index (κ2) is 8.68.